The Morgan fingerprint density at radius 1 is 1.29 bits per heavy atom. The normalized spacial score (nSPS) is 25.0. The van der Waals surface area contributed by atoms with E-state index < -0.39 is 0 Å². The van der Waals surface area contributed by atoms with Crippen LogP contribution in [-0.2, 0) is 14.3 Å². The van der Waals surface area contributed by atoms with Crippen LogP contribution in [0.3, 0.4) is 0 Å². The summed E-state index contributed by atoms with van der Waals surface area (Å²) in [7, 11) is 1.64. The quantitative estimate of drug-likeness (QED) is 0.692. The topological polar surface area (TPSA) is 58.6 Å². The molecule has 98 valence electrons. The Hall–Kier alpha value is -1.10. The molecule has 17 heavy (non-hydrogen) atoms. The summed E-state index contributed by atoms with van der Waals surface area (Å²) in [6.07, 6.45) is 2.06. The number of carbonyl (C=O) groups is 2. The van der Waals surface area contributed by atoms with Crippen LogP contribution in [0.4, 0.5) is 0 Å². The molecule has 1 heterocycles. The van der Waals surface area contributed by atoms with Gasteiger partial charge >= 0.3 is 0 Å². The number of amides is 2. The molecule has 0 spiro atoms. The zero-order chi connectivity index (χ0) is 12.8. The highest BCUT2D eigenvalue weighted by Crippen LogP contribution is 2.15. The van der Waals surface area contributed by atoms with E-state index in [-0.39, 0.29) is 23.9 Å². The van der Waals surface area contributed by atoms with Crippen molar-refractivity contribution in [2.75, 3.05) is 20.3 Å². The average Bonchev–Trinajstić information content (AvgIpc) is 2.33. The maximum absolute atomic E-state index is 12.1. The van der Waals surface area contributed by atoms with Gasteiger partial charge in [0.25, 0.3) is 0 Å². The molecular formula is C12H22N2O3. The van der Waals surface area contributed by atoms with E-state index in [1.54, 1.807) is 12.0 Å². The Labute approximate surface area is 102 Å². The molecule has 5 nitrogen and oxygen atoms in total. The number of piperazine rings is 1. The number of hydrogen-bond donors (Lipinski definition) is 1. The first-order valence-electron chi connectivity index (χ1n) is 6.25. The monoisotopic (exact) mass is 242 g/mol. The van der Waals surface area contributed by atoms with Gasteiger partial charge in [-0.2, -0.15) is 0 Å². The predicted molar refractivity (Wildman–Crippen MR) is 64.5 cm³/mol. The highest BCUT2D eigenvalue weighted by molar-refractivity contribution is 5.96. The second-order valence-electron chi connectivity index (χ2n) is 4.27. The number of carbonyl (C=O) groups excluding carboxylic acids is 2. The highest BCUT2D eigenvalue weighted by Gasteiger charge is 2.38. The summed E-state index contributed by atoms with van der Waals surface area (Å²) in [5.74, 6) is 0.00594. The van der Waals surface area contributed by atoms with Gasteiger partial charge in [-0.3, -0.25) is 9.59 Å². The van der Waals surface area contributed by atoms with Crippen molar-refractivity contribution in [2.45, 2.75) is 45.2 Å². The van der Waals surface area contributed by atoms with Crippen molar-refractivity contribution in [1.82, 2.24) is 10.2 Å². The number of nitrogens with zero attached hydrogens (tertiary/aromatic N) is 1. The van der Waals surface area contributed by atoms with Crippen molar-refractivity contribution in [3.8, 4) is 0 Å². The lowest BCUT2D eigenvalue weighted by Crippen LogP contribution is -2.63. The summed E-state index contributed by atoms with van der Waals surface area (Å²) in [5.41, 5.74) is 0. The summed E-state index contributed by atoms with van der Waals surface area (Å²) in [6.45, 7) is 5.03. The van der Waals surface area contributed by atoms with E-state index in [4.69, 9.17) is 4.74 Å². The first-order valence-corrected chi connectivity index (χ1v) is 6.25. The molecule has 2 amide bonds. The molecular weight excluding hydrogens is 220 g/mol. The SMILES string of the molecule is CCC1NC(=O)C(CC)N(CCCOC)C1=O. The van der Waals surface area contributed by atoms with Gasteiger partial charge in [0.2, 0.25) is 11.8 Å². The van der Waals surface area contributed by atoms with Crippen LogP contribution in [0.25, 0.3) is 0 Å². The smallest absolute Gasteiger partial charge is 0.245 e. The minimum Gasteiger partial charge on any atom is -0.385 e. The molecule has 0 saturated carbocycles. The molecule has 0 aliphatic carbocycles. The summed E-state index contributed by atoms with van der Waals surface area (Å²) in [6, 6.07) is -0.671. The van der Waals surface area contributed by atoms with Crippen molar-refractivity contribution >= 4 is 11.8 Å². The highest BCUT2D eigenvalue weighted by atomic mass is 16.5. The zero-order valence-corrected chi connectivity index (χ0v) is 10.9. The lowest BCUT2D eigenvalue weighted by molar-refractivity contribution is -0.149. The Morgan fingerprint density at radius 2 is 2.00 bits per heavy atom. The van der Waals surface area contributed by atoms with Gasteiger partial charge in [0.15, 0.2) is 0 Å². The molecule has 0 bridgehead atoms. The Bertz CT molecular complexity index is 281. The van der Waals surface area contributed by atoms with Crippen LogP contribution >= 0.6 is 0 Å². The Kier molecular flexibility index (Phi) is 5.41. The van der Waals surface area contributed by atoms with Crippen LogP contribution in [-0.4, -0.2) is 49.1 Å². The largest absolute Gasteiger partial charge is 0.385 e. The molecule has 1 aliphatic heterocycles. The third-order valence-corrected chi connectivity index (χ3v) is 3.12. The van der Waals surface area contributed by atoms with E-state index in [0.29, 0.717) is 26.0 Å². The molecule has 1 rings (SSSR count). The maximum atomic E-state index is 12.1. The van der Waals surface area contributed by atoms with Crippen molar-refractivity contribution < 1.29 is 14.3 Å². The van der Waals surface area contributed by atoms with E-state index in [2.05, 4.69) is 5.32 Å². The minimum absolute atomic E-state index is 0.0311. The molecule has 1 fully saturated rings. The standard InChI is InChI=1S/C12H22N2O3/c1-4-9-12(16)14(7-6-8-17-3)10(5-2)11(15)13-9/h9-10H,4-8H2,1-3H3,(H,13,15). The number of rotatable bonds is 6. The zero-order valence-electron chi connectivity index (χ0n) is 10.9. The van der Waals surface area contributed by atoms with Gasteiger partial charge in [0.1, 0.15) is 12.1 Å². The van der Waals surface area contributed by atoms with E-state index in [1.807, 2.05) is 13.8 Å². The van der Waals surface area contributed by atoms with E-state index >= 15 is 0 Å². The van der Waals surface area contributed by atoms with Gasteiger partial charge in [0.05, 0.1) is 0 Å². The molecule has 1 saturated heterocycles. The fourth-order valence-corrected chi connectivity index (χ4v) is 2.15. The number of ether oxygens (including phenoxy) is 1. The molecule has 2 unspecified atom stereocenters. The van der Waals surface area contributed by atoms with Gasteiger partial charge in [-0.25, -0.2) is 0 Å². The minimum atomic E-state index is -0.354. The van der Waals surface area contributed by atoms with Gasteiger partial charge in [0, 0.05) is 20.3 Å². The molecule has 0 aromatic heterocycles. The Morgan fingerprint density at radius 3 is 2.53 bits per heavy atom. The summed E-state index contributed by atoms with van der Waals surface area (Å²) < 4.78 is 4.98. The predicted octanol–water partition coefficient (Wildman–Crippen LogP) is 0.538. The lowest BCUT2D eigenvalue weighted by Gasteiger charge is -2.38. The molecule has 1 N–H and O–H groups in total. The van der Waals surface area contributed by atoms with Gasteiger partial charge in [-0.15, -0.1) is 0 Å². The third kappa shape index (κ3) is 3.19. The maximum Gasteiger partial charge on any atom is 0.245 e. The number of methoxy groups -OCH3 is 1. The van der Waals surface area contributed by atoms with Crippen molar-refractivity contribution in [1.29, 1.82) is 0 Å². The lowest BCUT2D eigenvalue weighted by atomic mass is 10.0. The molecule has 5 heteroatoms. The van der Waals surface area contributed by atoms with Crippen molar-refractivity contribution in [3.05, 3.63) is 0 Å². The second kappa shape index (κ2) is 6.59. The fraction of sp³-hybridized carbons (Fsp3) is 0.833. The van der Waals surface area contributed by atoms with E-state index in [9.17, 15) is 9.59 Å². The summed E-state index contributed by atoms with van der Waals surface area (Å²) in [5, 5.41) is 2.78. The van der Waals surface area contributed by atoms with Crippen LogP contribution in [0, 0.1) is 0 Å². The van der Waals surface area contributed by atoms with E-state index in [1.165, 1.54) is 0 Å². The van der Waals surface area contributed by atoms with Gasteiger partial charge < -0.3 is 15.0 Å². The average molecular weight is 242 g/mol. The van der Waals surface area contributed by atoms with Gasteiger partial charge in [-0.05, 0) is 19.3 Å². The summed E-state index contributed by atoms with van der Waals surface area (Å²) in [4.78, 5) is 25.7. The van der Waals surface area contributed by atoms with Gasteiger partial charge in [-0.1, -0.05) is 13.8 Å². The molecule has 0 radical (unpaired) electrons. The van der Waals surface area contributed by atoms with Crippen LogP contribution in [0.15, 0.2) is 0 Å². The van der Waals surface area contributed by atoms with Crippen LogP contribution in [0.5, 0.6) is 0 Å². The third-order valence-electron chi connectivity index (χ3n) is 3.12. The Balaban J connectivity index is 2.70. The van der Waals surface area contributed by atoms with Crippen molar-refractivity contribution in [2.24, 2.45) is 0 Å². The van der Waals surface area contributed by atoms with Crippen molar-refractivity contribution in [3.63, 3.8) is 0 Å². The molecule has 0 aromatic carbocycles. The molecule has 2 atom stereocenters. The molecule has 1 aliphatic rings. The number of nitrogens with one attached hydrogen (secondary N) is 1. The fourth-order valence-electron chi connectivity index (χ4n) is 2.15. The van der Waals surface area contributed by atoms with Crippen LogP contribution < -0.4 is 5.32 Å². The van der Waals surface area contributed by atoms with Crippen LogP contribution in [0.1, 0.15) is 33.1 Å². The molecule has 0 aromatic rings. The first-order chi connectivity index (χ1) is 8.15. The van der Waals surface area contributed by atoms with Crippen LogP contribution in [0.2, 0.25) is 0 Å². The first kappa shape index (κ1) is 14.0. The summed E-state index contributed by atoms with van der Waals surface area (Å²) >= 11 is 0. The second-order valence-corrected chi connectivity index (χ2v) is 4.27. The van der Waals surface area contributed by atoms with E-state index in [0.717, 1.165) is 6.42 Å². The number of hydrogen-bond acceptors (Lipinski definition) is 3.